The van der Waals surface area contributed by atoms with Crippen LogP contribution in [-0.4, -0.2) is 38.6 Å². The average molecular weight is 311 g/mol. The molecule has 0 radical (unpaired) electrons. The maximum Gasteiger partial charge on any atom is 0.227 e. The molecule has 5 nitrogen and oxygen atoms in total. The second-order valence-corrected chi connectivity index (χ2v) is 5.53. The van der Waals surface area contributed by atoms with Crippen molar-refractivity contribution >= 4 is 29.1 Å². The van der Waals surface area contributed by atoms with Crippen molar-refractivity contribution < 1.29 is 14.3 Å². The molecule has 1 fully saturated rings. The summed E-state index contributed by atoms with van der Waals surface area (Å²) in [6.07, 6.45) is 0.226. The Kier molecular flexibility index (Phi) is 5.20. The first-order chi connectivity index (χ1) is 10.0. The van der Waals surface area contributed by atoms with E-state index in [1.165, 1.54) is 0 Å². The van der Waals surface area contributed by atoms with Crippen molar-refractivity contribution in [1.82, 2.24) is 5.32 Å². The smallest absolute Gasteiger partial charge is 0.227 e. The number of amides is 2. The van der Waals surface area contributed by atoms with Gasteiger partial charge in [-0.15, -0.1) is 0 Å². The number of hydrogen-bond donors (Lipinski definition) is 1. The average Bonchev–Trinajstić information content (AvgIpc) is 2.84. The lowest BCUT2D eigenvalue weighted by atomic mass is 10.1. The van der Waals surface area contributed by atoms with E-state index in [0.29, 0.717) is 24.7 Å². The van der Waals surface area contributed by atoms with Crippen molar-refractivity contribution in [3.05, 3.63) is 28.8 Å². The van der Waals surface area contributed by atoms with Crippen LogP contribution < -0.4 is 10.2 Å². The fraction of sp³-hybridized carbons (Fsp3) is 0.467. The van der Waals surface area contributed by atoms with E-state index < -0.39 is 0 Å². The fourth-order valence-electron chi connectivity index (χ4n) is 2.30. The predicted molar refractivity (Wildman–Crippen MR) is 81.5 cm³/mol. The third kappa shape index (κ3) is 3.74. The Bertz CT molecular complexity index is 548. The number of carbonyl (C=O) groups excluding carboxylic acids is 2. The number of nitrogens with zero attached hydrogens (tertiary/aromatic N) is 1. The summed E-state index contributed by atoms with van der Waals surface area (Å²) in [6, 6.07) is 5.49. The Morgan fingerprint density at radius 1 is 1.52 bits per heavy atom. The van der Waals surface area contributed by atoms with Gasteiger partial charge in [-0.05, 0) is 24.6 Å². The molecule has 1 N–H and O–H groups in total. The zero-order valence-electron chi connectivity index (χ0n) is 12.2. The van der Waals surface area contributed by atoms with Crippen molar-refractivity contribution in [2.45, 2.75) is 13.3 Å². The highest BCUT2D eigenvalue weighted by molar-refractivity contribution is 6.31. The van der Waals surface area contributed by atoms with Crippen LogP contribution in [0.1, 0.15) is 12.0 Å². The first kappa shape index (κ1) is 15.8. The molecule has 1 heterocycles. The van der Waals surface area contributed by atoms with Crippen molar-refractivity contribution in [3.63, 3.8) is 0 Å². The Hall–Kier alpha value is -1.59. The standard InChI is InChI=1S/C15H19ClN2O3/c1-10-3-4-12(8-13(10)16)18-9-11(7-14(18)19)15(20)17-5-6-21-2/h3-4,8,11H,5-7,9H2,1-2H3,(H,17,20)/t11-/m0/s1. The zero-order valence-corrected chi connectivity index (χ0v) is 12.9. The SMILES string of the molecule is COCCNC(=O)[C@H]1CC(=O)N(c2ccc(C)c(Cl)c2)C1. The van der Waals surface area contributed by atoms with Crippen molar-refractivity contribution in [2.75, 3.05) is 31.7 Å². The predicted octanol–water partition coefficient (Wildman–Crippen LogP) is 1.76. The summed E-state index contributed by atoms with van der Waals surface area (Å²) in [5.74, 6) is -0.489. The van der Waals surface area contributed by atoms with Gasteiger partial charge < -0.3 is 15.0 Å². The number of benzene rings is 1. The normalized spacial score (nSPS) is 18.1. The van der Waals surface area contributed by atoms with Crippen LogP contribution in [0.4, 0.5) is 5.69 Å². The maximum atomic E-state index is 12.1. The lowest BCUT2D eigenvalue weighted by Crippen LogP contribution is -2.34. The van der Waals surface area contributed by atoms with Gasteiger partial charge in [0.2, 0.25) is 11.8 Å². The van der Waals surface area contributed by atoms with Gasteiger partial charge >= 0.3 is 0 Å². The molecule has 6 heteroatoms. The second-order valence-electron chi connectivity index (χ2n) is 5.12. The van der Waals surface area contributed by atoms with Crippen LogP contribution in [0, 0.1) is 12.8 Å². The third-order valence-electron chi connectivity index (χ3n) is 3.57. The van der Waals surface area contributed by atoms with E-state index in [1.807, 2.05) is 19.1 Å². The van der Waals surface area contributed by atoms with Gasteiger partial charge in [0.1, 0.15) is 0 Å². The Balaban J connectivity index is 2.02. The lowest BCUT2D eigenvalue weighted by Gasteiger charge is -2.17. The van der Waals surface area contributed by atoms with Crippen LogP contribution in [0.5, 0.6) is 0 Å². The molecule has 0 aliphatic carbocycles. The molecule has 114 valence electrons. The zero-order chi connectivity index (χ0) is 15.4. The van der Waals surface area contributed by atoms with Gasteiger partial charge in [0.05, 0.1) is 12.5 Å². The number of anilines is 1. The third-order valence-corrected chi connectivity index (χ3v) is 3.98. The summed E-state index contributed by atoms with van der Waals surface area (Å²) >= 11 is 6.09. The minimum absolute atomic E-state index is 0.0539. The van der Waals surface area contributed by atoms with Crippen molar-refractivity contribution in [3.8, 4) is 0 Å². The number of nitrogens with one attached hydrogen (secondary N) is 1. The van der Waals surface area contributed by atoms with E-state index in [0.717, 1.165) is 11.3 Å². The molecule has 1 saturated heterocycles. The molecule has 0 bridgehead atoms. The van der Waals surface area contributed by atoms with Crippen LogP contribution in [-0.2, 0) is 14.3 Å². The first-order valence-corrected chi connectivity index (χ1v) is 7.24. The molecule has 0 unspecified atom stereocenters. The molecule has 0 aromatic heterocycles. The highest BCUT2D eigenvalue weighted by Crippen LogP contribution is 2.28. The van der Waals surface area contributed by atoms with Gasteiger partial charge in [-0.3, -0.25) is 9.59 Å². The summed E-state index contributed by atoms with van der Waals surface area (Å²) in [5.41, 5.74) is 1.70. The number of rotatable bonds is 5. The number of carbonyl (C=O) groups is 2. The molecule has 1 aliphatic rings. The quantitative estimate of drug-likeness (QED) is 0.843. The molecular formula is C15H19ClN2O3. The Labute approximate surface area is 129 Å². The van der Waals surface area contributed by atoms with Crippen LogP contribution in [0.15, 0.2) is 18.2 Å². The minimum Gasteiger partial charge on any atom is -0.383 e. The summed E-state index contributed by atoms with van der Waals surface area (Å²) in [4.78, 5) is 25.7. The number of ether oxygens (including phenoxy) is 1. The summed E-state index contributed by atoms with van der Waals surface area (Å²) < 4.78 is 4.88. The van der Waals surface area contributed by atoms with E-state index in [2.05, 4.69) is 5.32 Å². The number of halogens is 1. The number of methoxy groups -OCH3 is 1. The van der Waals surface area contributed by atoms with Gasteiger partial charge in [-0.2, -0.15) is 0 Å². The van der Waals surface area contributed by atoms with E-state index >= 15 is 0 Å². The minimum atomic E-state index is -0.325. The van der Waals surface area contributed by atoms with Gasteiger partial charge in [-0.1, -0.05) is 17.7 Å². The lowest BCUT2D eigenvalue weighted by molar-refractivity contribution is -0.126. The van der Waals surface area contributed by atoms with Crippen LogP contribution in [0.2, 0.25) is 5.02 Å². The monoisotopic (exact) mass is 310 g/mol. The molecule has 0 saturated carbocycles. The molecule has 2 rings (SSSR count). The van der Waals surface area contributed by atoms with Crippen LogP contribution in [0.25, 0.3) is 0 Å². The largest absolute Gasteiger partial charge is 0.383 e. The first-order valence-electron chi connectivity index (χ1n) is 6.86. The van der Waals surface area contributed by atoms with Crippen molar-refractivity contribution in [2.24, 2.45) is 5.92 Å². The fourth-order valence-corrected chi connectivity index (χ4v) is 2.48. The van der Waals surface area contributed by atoms with Crippen LogP contribution >= 0.6 is 11.6 Å². The molecule has 0 spiro atoms. The van der Waals surface area contributed by atoms with Gasteiger partial charge in [0.25, 0.3) is 0 Å². The molecule has 1 aromatic rings. The van der Waals surface area contributed by atoms with E-state index in [4.69, 9.17) is 16.3 Å². The Morgan fingerprint density at radius 2 is 2.29 bits per heavy atom. The van der Waals surface area contributed by atoms with Crippen LogP contribution in [0.3, 0.4) is 0 Å². The summed E-state index contributed by atoms with van der Waals surface area (Å²) in [5, 5.41) is 3.39. The van der Waals surface area contributed by atoms with Crippen molar-refractivity contribution in [1.29, 1.82) is 0 Å². The highest BCUT2D eigenvalue weighted by atomic mass is 35.5. The number of aryl methyl sites for hydroxylation is 1. The molecular weight excluding hydrogens is 292 g/mol. The number of hydrogen-bond acceptors (Lipinski definition) is 3. The Morgan fingerprint density at radius 3 is 2.95 bits per heavy atom. The molecule has 1 atom stereocenters. The molecule has 21 heavy (non-hydrogen) atoms. The van der Waals surface area contributed by atoms with Gasteiger partial charge in [0, 0.05) is 37.3 Å². The van der Waals surface area contributed by atoms with E-state index in [1.54, 1.807) is 18.1 Å². The summed E-state index contributed by atoms with van der Waals surface area (Å²) in [7, 11) is 1.58. The van der Waals surface area contributed by atoms with E-state index in [9.17, 15) is 9.59 Å². The second kappa shape index (κ2) is 6.91. The van der Waals surface area contributed by atoms with Gasteiger partial charge in [-0.25, -0.2) is 0 Å². The summed E-state index contributed by atoms with van der Waals surface area (Å²) in [6.45, 7) is 3.21. The molecule has 1 aromatic carbocycles. The topological polar surface area (TPSA) is 58.6 Å². The van der Waals surface area contributed by atoms with E-state index in [-0.39, 0.29) is 24.2 Å². The molecule has 2 amide bonds. The highest BCUT2D eigenvalue weighted by Gasteiger charge is 2.35. The molecule has 1 aliphatic heterocycles. The van der Waals surface area contributed by atoms with Gasteiger partial charge in [0.15, 0.2) is 0 Å². The maximum absolute atomic E-state index is 12.1.